The van der Waals surface area contributed by atoms with Crippen molar-refractivity contribution in [3.05, 3.63) is 48.3 Å². The first-order valence-corrected chi connectivity index (χ1v) is 9.92. The predicted molar refractivity (Wildman–Crippen MR) is 107 cm³/mol. The number of nitrogens with one attached hydrogen (secondary N) is 1. The highest BCUT2D eigenvalue weighted by atomic mass is 32.2. The number of hydrogen-bond acceptors (Lipinski definition) is 7. The second kappa shape index (κ2) is 7.12. The molecule has 0 unspecified atom stereocenters. The molecule has 0 saturated heterocycles. The number of nitrogens with zero attached hydrogens (tertiary/aromatic N) is 3. The van der Waals surface area contributed by atoms with Crippen molar-refractivity contribution in [2.24, 2.45) is 22.4 Å². The third-order valence-corrected chi connectivity index (χ3v) is 4.91. The molecule has 0 spiro atoms. The Labute approximate surface area is 156 Å². The van der Waals surface area contributed by atoms with Gasteiger partial charge < -0.3 is 16.8 Å². The van der Waals surface area contributed by atoms with Crippen LogP contribution in [0.25, 0.3) is 0 Å². The van der Waals surface area contributed by atoms with E-state index in [2.05, 4.69) is 20.3 Å². The van der Waals surface area contributed by atoms with Gasteiger partial charge in [0, 0.05) is 34.2 Å². The average molecular weight is 379 g/mol. The maximum atomic E-state index is 11.5. The first-order chi connectivity index (χ1) is 12.3. The molecule has 1 aromatic carbocycles. The van der Waals surface area contributed by atoms with E-state index in [0.717, 1.165) is 24.8 Å². The molecule has 1 heterocycles. The Hall–Kier alpha value is -2.94. The zero-order valence-electron chi connectivity index (χ0n) is 14.3. The average Bonchev–Trinajstić information content (AvgIpc) is 3.39. The van der Waals surface area contributed by atoms with Crippen LogP contribution < -0.4 is 16.8 Å². The van der Waals surface area contributed by atoms with Crippen molar-refractivity contribution in [1.29, 1.82) is 0 Å². The lowest BCUT2D eigenvalue weighted by atomic mass is 10.3. The molecule has 9 heteroatoms. The predicted octanol–water partition coefficient (Wildman–Crippen LogP) is 2.60. The first-order valence-electron chi connectivity index (χ1n) is 8.03. The Balaban J connectivity index is 0.00000261. The SMILES string of the molecule is CS(=O)(=O)c1ccc(Nc2nccc(N=C(N)C=C(N)C3CC3)n2)cc1.[HH].[HH].[HH]. The molecule has 1 fully saturated rings. The second-order valence-corrected chi connectivity index (χ2v) is 8.13. The highest BCUT2D eigenvalue weighted by molar-refractivity contribution is 7.90. The van der Waals surface area contributed by atoms with Crippen LogP contribution in [0, 0.1) is 5.92 Å². The number of aliphatic imine (C=N–C) groups is 1. The van der Waals surface area contributed by atoms with Gasteiger partial charge in [-0.2, -0.15) is 4.98 Å². The molecule has 0 amide bonds. The largest absolute Gasteiger partial charge is 0.402 e. The molecule has 142 valence electrons. The van der Waals surface area contributed by atoms with Gasteiger partial charge in [-0.1, -0.05) is 0 Å². The monoisotopic (exact) mass is 378 g/mol. The van der Waals surface area contributed by atoms with Crippen molar-refractivity contribution in [3.8, 4) is 0 Å². The number of allylic oxidation sites excluding steroid dienone is 1. The number of amidine groups is 1. The van der Waals surface area contributed by atoms with Crippen molar-refractivity contribution < 1.29 is 12.7 Å². The van der Waals surface area contributed by atoms with Crippen LogP contribution in [-0.4, -0.2) is 30.5 Å². The van der Waals surface area contributed by atoms with Crippen molar-refractivity contribution >= 4 is 33.1 Å². The number of rotatable bonds is 6. The number of aromatic nitrogens is 2. The number of benzene rings is 1. The van der Waals surface area contributed by atoms with Crippen molar-refractivity contribution in [2.75, 3.05) is 11.6 Å². The molecule has 1 aliphatic carbocycles. The van der Waals surface area contributed by atoms with Gasteiger partial charge in [0.1, 0.15) is 5.84 Å². The van der Waals surface area contributed by atoms with Gasteiger partial charge in [0.15, 0.2) is 15.7 Å². The zero-order chi connectivity index (χ0) is 18.7. The van der Waals surface area contributed by atoms with E-state index in [0.29, 0.717) is 23.4 Å². The lowest BCUT2D eigenvalue weighted by Gasteiger charge is -2.06. The molecular weight excluding hydrogens is 352 g/mol. The molecule has 0 atom stereocenters. The summed E-state index contributed by atoms with van der Waals surface area (Å²) in [6.07, 6.45) is 6.57. The minimum Gasteiger partial charge on any atom is -0.402 e. The van der Waals surface area contributed by atoms with Crippen LogP contribution in [0.1, 0.15) is 17.1 Å². The normalized spacial score (nSPS) is 15.7. The van der Waals surface area contributed by atoms with Gasteiger partial charge in [-0.3, -0.25) is 0 Å². The highest BCUT2D eigenvalue weighted by Gasteiger charge is 2.23. The molecule has 0 radical (unpaired) electrons. The van der Waals surface area contributed by atoms with E-state index in [9.17, 15) is 8.42 Å². The third kappa shape index (κ3) is 4.79. The fourth-order valence-corrected chi connectivity index (χ4v) is 2.89. The first kappa shape index (κ1) is 17.9. The fraction of sp³-hybridized carbons (Fsp3) is 0.235. The Bertz CT molecular complexity index is 977. The molecule has 1 saturated carbocycles. The summed E-state index contributed by atoms with van der Waals surface area (Å²) in [7, 11) is -3.23. The van der Waals surface area contributed by atoms with Gasteiger partial charge in [-0.15, -0.1) is 0 Å². The van der Waals surface area contributed by atoms with Crippen LogP contribution in [-0.2, 0) is 9.84 Å². The van der Waals surface area contributed by atoms with E-state index in [1.165, 1.54) is 12.1 Å². The summed E-state index contributed by atoms with van der Waals surface area (Å²) in [4.78, 5) is 12.9. The van der Waals surface area contributed by atoms with Crippen LogP contribution >= 0.6 is 0 Å². The lowest BCUT2D eigenvalue weighted by Crippen LogP contribution is -2.12. The van der Waals surface area contributed by atoms with Gasteiger partial charge in [0.2, 0.25) is 5.95 Å². The van der Waals surface area contributed by atoms with Crippen molar-refractivity contribution in [3.63, 3.8) is 0 Å². The summed E-state index contributed by atoms with van der Waals surface area (Å²) in [6, 6.07) is 7.95. The maximum absolute atomic E-state index is 11.5. The molecule has 2 aromatic rings. The van der Waals surface area contributed by atoms with Crippen LogP contribution in [0.3, 0.4) is 0 Å². The zero-order valence-corrected chi connectivity index (χ0v) is 15.1. The summed E-state index contributed by atoms with van der Waals surface area (Å²) in [5.74, 6) is 1.43. The van der Waals surface area contributed by atoms with Crippen LogP contribution in [0.2, 0.25) is 0 Å². The van der Waals surface area contributed by atoms with Crippen molar-refractivity contribution in [1.82, 2.24) is 9.97 Å². The van der Waals surface area contributed by atoms with Crippen LogP contribution in [0.4, 0.5) is 17.5 Å². The number of anilines is 2. The van der Waals surface area contributed by atoms with Gasteiger partial charge >= 0.3 is 0 Å². The fourth-order valence-electron chi connectivity index (χ4n) is 2.26. The summed E-state index contributed by atoms with van der Waals surface area (Å²) in [6.45, 7) is 0. The topological polar surface area (TPSA) is 136 Å². The molecule has 1 aromatic heterocycles. The van der Waals surface area contributed by atoms with E-state index in [1.54, 1.807) is 30.5 Å². The summed E-state index contributed by atoms with van der Waals surface area (Å²) in [5, 5.41) is 3.00. The summed E-state index contributed by atoms with van der Waals surface area (Å²) < 4.78 is 23.0. The van der Waals surface area contributed by atoms with E-state index >= 15 is 0 Å². The molecule has 0 bridgehead atoms. The molecule has 3 rings (SSSR count). The lowest BCUT2D eigenvalue weighted by molar-refractivity contribution is 0.602. The third-order valence-electron chi connectivity index (χ3n) is 3.79. The number of nitrogens with two attached hydrogens (primary N) is 2. The maximum Gasteiger partial charge on any atom is 0.229 e. The molecule has 26 heavy (non-hydrogen) atoms. The Morgan fingerprint density at radius 2 is 1.96 bits per heavy atom. The molecule has 1 aliphatic rings. The summed E-state index contributed by atoms with van der Waals surface area (Å²) >= 11 is 0. The van der Waals surface area contributed by atoms with Gasteiger partial charge in [-0.05, 0) is 49.1 Å². The number of sulfone groups is 1. The molecule has 0 aliphatic heterocycles. The van der Waals surface area contributed by atoms with Gasteiger partial charge in [0.05, 0.1) is 4.90 Å². The molecule has 5 N–H and O–H groups in total. The van der Waals surface area contributed by atoms with Crippen molar-refractivity contribution in [2.45, 2.75) is 17.7 Å². The van der Waals surface area contributed by atoms with Crippen LogP contribution in [0.5, 0.6) is 0 Å². The number of hydrogen-bond donors (Lipinski definition) is 3. The van der Waals surface area contributed by atoms with E-state index in [-0.39, 0.29) is 15.0 Å². The second-order valence-electron chi connectivity index (χ2n) is 6.12. The molecular formula is C17H26N6O2S. The smallest absolute Gasteiger partial charge is 0.229 e. The molecule has 8 nitrogen and oxygen atoms in total. The Morgan fingerprint density at radius 1 is 1.27 bits per heavy atom. The Kier molecular flexibility index (Phi) is 4.90. The Morgan fingerprint density at radius 3 is 2.58 bits per heavy atom. The standard InChI is InChI=1S/C17H20N6O2S.3H2/c1-26(24,25)13-6-4-12(5-7-13)21-17-20-9-8-16(23-17)22-15(19)10-14(18)11-2-3-11;;;/h4-11H,2-3,18H2,1H3,(H3,19,20,21,22,23);3*1H. The quantitative estimate of drug-likeness (QED) is 0.519. The highest BCUT2D eigenvalue weighted by Crippen LogP contribution is 2.33. The van der Waals surface area contributed by atoms with E-state index < -0.39 is 9.84 Å². The van der Waals surface area contributed by atoms with Gasteiger partial charge in [-0.25, -0.2) is 18.4 Å². The van der Waals surface area contributed by atoms with Gasteiger partial charge in [0.25, 0.3) is 0 Å². The van der Waals surface area contributed by atoms with E-state index in [4.69, 9.17) is 11.5 Å². The minimum atomic E-state index is -3.23. The summed E-state index contributed by atoms with van der Waals surface area (Å²) in [5.41, 5.74) is 13.2. The van der Waals surface area contributed by atoms with E-state index in [1.807, 2.05) is 0 Å². The van der Waals surface area contributed by atoms with Crippen LogP contribution in [0.15, 0.2) is 58.2 Å². The minimum absolute atomic E-state index is 0.